The lowest BCUT2D eigenvalue weighted by Gasteiger charge is -2.32. The molecule has 0 radical (unpaired) electrons. The number of alkyl halides is 2. The zero-order valence-corrected chi connectivity index (χ0v) is 26.9. The third-order valence-electron chi connectivity index (χ3n) is 8.71. The van der Waals surface area contributed by atoms with Crippen LogP contribution < -0.4 is 15.6 Å². The lowest BCUT2D eigenvalue weighted by atomic mass is 9.97. The molecule has 2 aliphatic rings. The van der Waals surface area contributed by atoms with Crippen LogP contribution in [0.1, 0.15) is 38.3 Å². The Hall–Kier alpha value is -5.19. The molecular formula is C38H37F2N5O3. The number of carbonyl (C=O) groups excluding carboxylic acids is 3. The van der Waals surface area contributed by atoms with Crippen LogP contribution >= 0.6 is 0 Å². The maximum atomic E-state index is 15.7. The van der Waals surface area contributed by atoms with E-state index in [1.807, 2.05) is 50.4 Å². The molecule has 48 heavy (non-hydrogen) atoms. The minimum Gasteiger partial charge on any atom is -0.322 e. The third kappa shape index (κ3) is 7.20. The number of aryl methyl sites for hydroxylation is 1. The van der Waals surface area contributed by atoms with Crippen molar-refractivity contribution in [1.29, 1.82) is 0 Å². The van der Waals surface area contributed by atoms with Crippen LogP contribution in [0.4, 0.5) is 20.2 Å². The lowest BCUT2D eigenvalue weighted by molar-refractivity contribution is -0.121. The molecule has 0 spiro atoms. The normalized spacial score (nSPS) is 17.3. The fraction of sp³-hybridized carbons (Fsp3) is 0.237. The largest absolute Gasteiger partial charge is 0.322 e. The quantitative estimate of drug-likeness (QED) is 0.241. The third-order valence-corrected chi connectivity index (χ3v) is 8.71. The van der Waals surface area contributed by atoms with E-state index in [1.165, 1.54) is 11.0 Å². The molecule has 0 saturated carbocycles. The number of amides is 3. The highest BCUT2D eigenvalue weighted by Crippen LogP contribution is 2.43. The van der Waals surface area contributed by atoms with Gasteiger partial charge in [-0.2, -0.15) is 0 Å². The average molecular weight is 650 g/mol. The number of hydrogen-bond donors (Lipinski definition) is 2. The molecule has 6 rings (SSSR count). The molecular weight excluding hydrogens is 612 g/mol. The minimum absolute atomic E-state index is 0.123. The van der Waals surface area contributed by atoms with Gasteiger partial charge in [-0.05, 0) is 61.5 Å². The van der Waals surface area contributed by atoms with E-state index in [2.05, 4.69) is 15.6 Å². The number of allylic oxidation sites excluding steroid dienone is 1. The number of nitrogens with one attached hydrogen (secondary N) is 2. The SMILES string of the molecule is Cc1cccc(-c2ccccc2C(=O)Nc2ccc(C(=O)N3CCC(F)(F)/C(=C\C(=O)NN4CCN(C)CC4)c4ccccc43)cc2)c1. The smallest absolute Gasteiger partial charge is 0.275 e. The number of likely N-dealkylation sites (N-methyl/N-ethyl adjacent to an activating group) is 1. The van der Waals surface area contributed by atoms with E-state index in [0.717, 1.165) is 35.9 Å². The van der Waals surface area contributed by atoms with E-state index in [0.29, 0.717) is 30.0 Å². The van der Waals surface area contributed by atoms with Crippen LogP contribution in [0, 0.1) is 6.92 Å². The molecule has 2 heterocycles. The van der Waals surface area contributed by atoms with E-state index in [1.54, 1.807) is 59.6 Å². The molecule has 246 valence electrons. The van der Waals surface area contributed by atoms with Gasteiger partial charge < -0.3 is 15.1 Å². The Labute approximate surface area is 278 Å². The zero-order chi connectivity index (χ0) is 33.8. The maximum Gasteiger partial charge on any atom is 0.275 e. The number of carbonyl (C=O) groups is 3. The first-order chi connectivity index (χ1) is 23.1. The standard InChI is InChI=1S/C38H37F2N5O3/c1-26-8-7-9-28(24-26)30-10-3-4-11-31(30)36(47)41-29-16-14-27(15-17-29)37(48)45-19-18-38(39,40)33(32-12-5-6-13-34(32)45)25-35(46)42-44-22-20-43(2)21-23-44/h3-17,24-25H,18-23H2,1-2H3,(H,41,47)(H,42,46)/b33-25-. The number of para-hydroxylation sites is 1. The number of hydrazine groups is 1. The number of piperazine rings is 1. The van der Waals surface area contributed by atoms with Crippen molar-refractivity contribution in [3.63, 3.8) is 0 Å². The van der Waals surface area contributed by atoms with Crippen molar-refractivity contribution in [2.45, 2.75) is 19.3 Å². The highest BCUT2D eigenvalue weighted by molar-refractivity contribution is 6.11. The van der Waals surface area contributed by atoms with Gasteiger partial charge in [0, 0.05) is 73.2 Å². The summed E-state index contributed by atoms with van der Waals surface area (Å²) in [5, 5.41) is 4.63. The number of nitrogens with zero attached hydrogens (tertiary/aromatic N) is 3. The number of hydrogen-bond acceptors (Lipinski definition) is 5. The van der Waals surface area contributed by atoms with E-state index < -0.39 is 29.7 Å². The average Bonchev–Trinajstić information content (AvgIpc) is 3.19. The van der Waals surface area contributed by atoms with Gasteiger partial charge in [0.05, 0.1) is 5.69 Å². The summed E-state index contributed by atoms with van der Waals surface area (Å²) >= 11 is 0. The summed E-state index contributed by atoms with van der Waals surface area (Å²) in [6.45, 7) is 4.42. The van der Waals surface area contributed by atoms with Crippen molar-refractivity contribution >= 4 is 34.7 Å². The van der Waals surface area contributed by atoms with Gasteiger partial charge in [0.1, 0.15) is 0 Å². The molecule has 3 amide bonds. The van der Waals surface area contributed by atoms with Crippen molar-refractivity contribution in [2.75, 3.05) is 50.0 Å². The molecule has 2 N–H and O–H groups in total. The molecule has 4 aromatic rings. The summed E-state index contributed by atoms with van der Waals surface area (Å²) in [5.41, 5.74) is 6.78. The summed E-state index contributed by atoms with van der Waals surface area (Å²) in [6.07, 6.45) is 0.301. The Morgan fingerprint density at radius 2 is 1.48 bits per heavy atom. The molecule has 1 fully saturated rings. The Bertz CT molecular complexity index is 1870. The van der Waals surface area contributed by atoms with Crippen LogP contribution in [0.15, 0.2) is 103 Å². The second-order valence-corrected chi connectivity index (χ2v) is 12.2. The second-order valence-electron chi connectivity index (χ2n) is 12.2. The van der Waals surface area contributed by atoms with Gasteiger partial charge in [-0.15, -0.1) is 0 Å². The molecule has 0 atom stereocenters. The second kappa shape index (κ2) is 13.9. The van der Waals surface area contributed by atoms with E-state index in [4.69, 9.17) is 0 Å². The van der Waals surface area contributed by atoms with Crippen molar-refractivity contribution < 1.29 is 23.2 Å². The van der Waals surface area contributed by atoms with E-state index >= 15 is 8.78 Å². The molecule has 1 saturated heterocycles. The van der Waals surface area contributed by atoms with Crippen molar-refractivity contribution in [3.8, 4) is 11.1 Å². The summed E-state index contributed by atoms with van der Waals surface area (Å²) < 4.78 is 31.3. The van der Waals surface area contributed by atoms with Crippen LogP contribution in [-0.4, -0.2) is 73.3 Å². The number of halogens is 2. The van der Waals surface area contributed by atoms with Crippen LogP contribution in [0.25, 0.3) is 16.7 Å². The summed E-state index contributed by atoms with van der Waals surface area (Å²) in [4.78, 5) is 43.5. The summed E-state index contributed by atoms with van der Waals surface area (Å²) in [7, 11) is 1.98. The van der Waals surface area contributed by atoms with Crippen molar-refractivity contribution in [1.82, 2.24) is 15.3 Å². The summed E-state index contributed by atoms with van der Waals surface area (Å²) in [5.74, 6) is -4.76. The number of fused-ring (bicyclic) bond motifs is 1. The van der Waals surface area contributed by atoms with Gasteiger partial charge in [0.25, 0.3) is 23.6 Å². The van der Waals surface area contributed by atoms with Crippen LogP contribution in [0.2, 0.25) is 0 Å². The monoisotopic (exact) mass is 649 g/mol. The van der Waals surface area contributed by atoms with E-state index in [9.17, 15) is 14.4 Å². The first-order valence-electron chi connectivity index (χ1n) is 15.9. The van der Waals surface area contributed by atoms with E-state index in [-0.39, 0.29) is 23.6 Å². The van der Waals surface area contributed by atoms with Gasteiger partial charge in [0.2, 0.25) is 0 Å². The first-order valence-corrected chi connectivity index (χ1v) is 15.9. The van der Waals surface area contributed by atoms with Crippen molar-refractivity contribution in [3.05, 3.63) is 125 Å². The van der Waals surface area contributed by atoms with Gasteiger partial charge in [-0.1, -0.05) is 66.2 Å². The zero-order valence-electron chi connectivity index (χ0n) is 26.9. The topological polar surface area (TPSA) is 85.0 Å². The Kier molecular flexibility index (Phi) is 9.47. The minimum atomic E-state index is -3.35. The molecule has 4 aromatic carbocycles. The molecule has 2 aliphatic heterocycles. The highest BCUT2D eigenvalue weighted by atomic mass is 19.3. The fourth-order valence-corrected chi connectivity index (χ4v) is 6.07. The first kappa shape index (κ1) is 32.7. The lowest BCUT2D eigenvalue weighted by Crippen LogP contribution is -2.52. The molecule has 8 nitrogen and oxygen atoms in total. The molecule has 0 aliphatic carbocycles. The predicted molar refractivity (Wildman–Crippen MR) is 184 cm³/mol. The van der Waals surface area contributed by atoms with Gasteiger partial charge in [-0.25, -0.2) is 13.8 Å². The molecule has 0 unspecified atom stereocenters. The van der Waals surface area contributed by atoms with Gasteiger partial charge in [-0.3, -0.25) is 19.8 Å². The van der Waals surface area contributed by atoms with Crippen LogP contribution in [0.3, 0.4) is 0 Å². The Morgan fingerprint density at radius 1 is 0.792 bits per heavy atom. The highest BCUT2D eigenvalue weighted by Gasteiger charge is 2.41. The van der Waals surface area contributed by atoms with Gasteiger partial charge >= 0.3 is 0 Å². The van der Waals surface area contributed by atoms with Crippen molar-refractivity contribution in [2.24, 2.45) is 0 Å². The maximum absolute atomic E-state index is 15.7. The molecule has 0 aromatic heterocycles. The van der Waals surface area contributed by atoms with Gasteiger partial charge in [0.15, 0.2) is 0 Å². The molecule has 10 heteroatoms. The number of rotatable bonds is 6. The fourth-order valence-electron chi connectivity index (χ4n) is 6.07. The summed E-state index contributed by atoms with van der Waals surface area (Å²) in [6, 6.07) is 28.0. The number of benzene rings is 4. The van der Waals surface area contributed by atoms with Crippen LogP contribution in [-0.2, 0) is 4.79 Å². The number of anilines is 2. The predicted octanol–water partition coefficient (Wildman–Crippen LogP) is 6.26. The van der Waals surface area contributed by atoms with Crippen LogP contribution in [0.5, 0.6) is 0 Å². The molecule has 0 bridgehead atoms. The Morgan fingerprint density at radius 3 is 2.21 bits per heavy atom. The Balaban J connectivity index is 1.20.